The molecule has 1 aromatic heterocycles. The Hall–Kier alpha value is -2.15. The summed E-state index contributed by atoms with van der Waals surface area (Å²) in [5.41, 5.74) is 0. The molecule has 0 aliphatic heterocycles. The first-order valence-corrected chi connectivity index (χ1v) is 8.16. The Morgan fingerprint density at radius 1 is 1.35 bits per heavy atom. The zero-order valence-corrected chi connectivity index (χ0v) is 14.3. The SMILES string of the molecule is CN=C(NCc1cnc(C)s1)NCC(C)Oc1ccc(F)cc1. The molecule has 7 heteroatoms. The molecular formula is C16H21FN4OS. The average Bonchev–Trinajstić information content (AvgIpc) is 2.95. The number of thiazole rings is 1. The molecule has 1 unspecified atom stereocenters. The first-order chi connectivity index (χ1) is 11.1. The van der Waals surface area contributed by atoms with Crippen molar-refractivity contribution in [3.8, 4) is 5.75 Å². The van der Waals surface area contributed by atoms with Crippen LogP contribution in [0.4, 0.5) is 4.39 Å². The van der Waals surface area contributed by atoms with Gasteiger partial charge in [0.15, 0.2) is 5.96 Å². The quantitative estimate of drug-likeness (QED) is 0.629. The number of nitrogens with zero attached hydrogens (tertiary/aromatic N) is 2. The van der Waals surface area contributed by atoms with Crippen LogP contribution in [0.15, 0.2) is 35.5 Å². The van der Waals surface area contributed by atoms with Gasteiger partial charge in [-0.3, -0.25) is 4.99 Å². The van der Waals surface area contributed by atoms with E-state index in [0.717, 1.165) is 9.88 Å². The van der Waals surface area contributed by atoms with E-state index in [1.54, 1.807) is 30.5 Å². The van der Waals surface area contributed by atoms with Gasteiger partial charge in [0, 0.05) is 18.1 Å². The Labute approximate surface area is 139 Å². The summed E-state index contributed by atoms with van der Waals surface area (Å²) in [6.07, 6.45) is 1.78. The Morgan fingerprint density at radius 3 is 2.70 bits per heavy atom. The van der Waals surface area contributed by atoms with Gasteiger partial charge in [-0.2, -0.15) is 0 Å². The number of aromatic nitrogens is 1. The monoisotopic (exact) mass is 336 g/mol. The highest BCUT2D eigenvalue weighted by atomic mass is 32.1. The maximum atomic E-state index is 12.9. The van der Waals surface area contributed by atoms with Crippen molar-refractivity contribution in [3.05, 3.63) is 46.2 Å². The third-order valence-electron chi connectivity index (χ3n) is 3.03. The van der Waals surface area contributed by atoms with Crippen molar-refractivity contribution in [2.75, 3.05) is 13.6 Å². The van der Waals surface area contributed by atoms with Crippen molar-refractivity contribution < 1.29 is 9.13 Å². The average molecular weight is 336 g/mol. The number of ether oxygens (including phenoxy) is 1. The topological polar surface area (TPSA) is 58.5 Å². The molecule has 0 aliphatic rings. The fraction of sp³-hybridized carbons (Fsp3) is 0.375. The summed E-state index contributed by atoms with van der Waals surface area (Å²) in [6.45, 7) is 5.18. The van der Waals surface area contributed by atoms with E-state index >= 15 is 0 Å². The summed E-state index contributed by atoms with van der Waals surface area (Å²) >= 11 is 1.66. The highest BCUT2D eigenvalue weighted by Gasteiger charge is 2.06. The fourth-order valence-electron chi connectivity index (χ4n) is 1.91. The minimum Gasteiger partial charge on any atom is -0.489 e. The molecule has 1 atom stereocenters. The van der Waals surface area contributed by atoms with Crippen LogP contribution in [-0.2, 0) is 6.54 Å². The van der Waals surface area contributed by atoms with Gasteiger partial charge in [-0.1, -0.05) is 0 Å². The normalized spacial score (nSPS) is 12.8. The fourth-order valence-corrected chi connectivity index (χ4v) is 2.64. The number of benzene rings is 1. The molecule has 0 saturated carbocycles. The predicted molar refractivity (Wildman–Crippen MR) is 91.5 cm³/mol. The van der Waals surface area contributed by atoms with Gasteiger partial charge in [0.1, 0.15) is 17.7 Å². The van der Waals surface area contributed by atoms with E-state index < -0.39 is 0 Å². The van der Waals surface area contributed by atoms with Crippen molar-refractivity contribution in [2.24, 2.45) is 4.99 Å². The molecule has 2 N–H and O–H groups in total. The molecule has 2 aromatic rings. The van der Waals surface area contributed by atoms with Crippen molar-refractivity contribution in [1.82, 2.24) is 15.6 Å². The first kappa shape index (κ1) is 17.2. The molecule has 0 bridgehead atoms. The largest absolute Gasteiger partial charge is 0.489 e. The molecule has 2 rings (SSSR count). The van der Waals surface area contributed by atoms with Crippen LogP contribution < -0.4 is 15.4 Å². The second-order valence-electron chi connectivity index (χ2n) is 5.03. The molecule has 0 fully saturated rings. The van der Waals surface area contributed by atoms with Crippen molar-refractivity contribution >= 4 is 17.3 Å². The van der Waals surface area contributed by atoms with Gasteiger partial charge in [0.25, 0.3) is 0 Å². The molecular weight excluding hydrogens is 315 g/mol. The van der Waals surface area contributed by atoms with Crippen LogP contribution in [0.1, 0.15) is 16.8 Å². The molecule has 23 heavy (non-hydrogen) atoms. The van der Waals surface area contributed by atoms with Gasteiger partial charge in [-0.15, -0.1) is 11.3 Å². The lowest BCUT2D eigenvalue weighted by atomic mass is 10.3. The Balaban J connectivity index is 1.75. The summed E-state index contributed by atoms with van der Waals surface area (Å²) in [5, 5.41) is 7.48. The maximum absolute atomic E-state index is 12.9. The third-order valence-corrected chi connectivity index (χ3v) is 3.94. The molecule has 1 aromatic carbocycles. The van der Waals surface area contributed by atoms with Gasteiger partial charge in [0.2, 0.25) is 0 Å². The molecule has 5 nitrogen and oxygen atoms in total. The zero-order chi connectivity index (χ0) is 16.7. The number of aliphatic imine (C=N–C) groups is 1. The molecule has 0 radical (unpaired) electrons. The number of halogens is 1. The third kappa shape index (κ3) is 5.86. The summed E-state index contributed by atoms with van der Waals surface area (Å²) in [6, 6.07) is 6.00. The lowest BCUT2D eigenvalue weighted by molar-refractivity contribution is 0.223. The van der Waals surface area contributed by atoms with Crippen LogP contribution in [0.2, 0.25) is 0 Å². The van der Waals surface area contributed by atoms with Crippen molar-refractivity contribution in [2.45, 2.75) is 26.5 Å². The Kier molecular flexibility index (Phi) is 6.34. The van der Waals surface area contributed by atoms with Gasteiger partial charge in [-0.05, 0) is 38.1 Å². The van der Waals surface area contributed by atoms with Gasteiger partial charge < -0.3 is 15.4 Å². The second kappa shape index (κ2) is 8.47. The van der Waals surface area contributed by atoms with Gasteiger partial charge in [-0.25, -0.2) is 9.37 Å². The maximum Gasteiger partial charge on any atom is 0.191 e. The first-order valence-electron chi connectivity index (χ1n) is 7.35. The van der Waals surface area contributed by atoms with E-state index in [0.29, 0.717) is 24.8 Å². The summed E-state index contributed by atoms with van der Waals surface area (Å²) in [4.78, 5) is 9.55. The molecule has 0 spiro atoms. The van der Waals surface area contributed by atoms with Crippen LogP contribution >= 0.6 is 11.3 Å². The summed E-state index contributed by atoms with van der Waals surface area (Å²) in [7, 11) is 1.72. The lowest BCUT2D eigenvalue weighted by Gasteiger charge is -2.17. The molecule has 1 heterocycles. The van der Waals surface area contributed by atoms with E-state index in [1.807, 2.05) is 20.0 Å². The number of nitrogens with one attached hydrogen (secondary N) is 2. The van der Waals surface area contributed by atoms with Crippen LogP contribution in [0.5, 0.6) is 5.75 Å². The van der Waals surface area contributed by atoms with Gasteiger partial charge >= 0.3 is 0 Å². The second-order valence-corrected chi connectivity index (χ2v) is 6.35. The van der Waals surface area contributed by atoms with Crippen molar-refractivity contribution in [1.29, 1.82) is 0 Å². The van der Waals surface area contributed by atoms with E-state index in [9.17, 15) is 4.39 Å². The minimum atomic E-state index is -0.272. The van der Waals surface area contributed by atoms with Crippen molar-refractivity contribution in [3.63, 3.8) is 0 Å². The number of guanidine groups is 1. The summed E-state index contributed by atoms with van der Waals surface area (Å²) < 4.78 is 18.6. The van der Waals surface area contributed by atoms with Crippen LogP contribution in [0, 0.1) is 12.7 Å². The Bertz CT molecular complexity index is 642. The predicted octanol–water partition coefficient (Wildman–Crippen LogP) is 2.72. The number of rotatable bonds is 6. The van der Waals surface area contributed by atoms with E-state index in [-0.39, 0.29) is 11.9 Å². The highest BCUT2D eigenvalue weighted by Crippen LogP contribution is 2.13. The number of hydrogen-bond acceptors (Lipinski definition) is 4. The number of hydrogen-bond donors (Lipinski definition) is 2. The lowest BCUT2D eigenvalue weighted by Crippen LogP contribution is -2.41. The zero-order valence-electron chi connectivity index (χ0n) is 13.5. The molecule has 0 aliphatic carbocycles. The van der Waals surface area contributed by atoms with Crippen LogP contribution in [-0.4, -0.2) is 30.6 Å². The molecule has 124 valence electrons. The Morgan fingerprint density at radius 2 is 2.09 bits per heavy atom. The van der Waals surface area contributed by atoms with Crippen LogP contribution in [0.3, 0.4) is 0 Å². The van der Waals surface area contributed by atoms with E-state index in [1.165, 1.54) is 12.1 Å². The standard InChI is InChI=1S/C16H21FN4OS/c1-11(22-14-6-4-13(17)5-7-14)8-20-16(18-3)21-10-15-9-19-12(2)23-15/h4-7,9,11H,8,10H2,1-3H3,(H2,18,20,21). The van der Waals surface area contributed by atoms with Crippen LogP contribution in [0.25, 0.3) is 0 Å². The summed E-state index contributed by atoms with van der Waals surface area (Å²) in [5.74, 6) is 1.07. The smallest absolute Gasteiger partial charge is 0.191 e. The number of aryl methyl sites for hydroxylation is 1. The molecule has 0 saturated heterocycles. The van der Waals surface area contributed by atoms with Gasteiger partial charge in [0.05, 0.1) is 18.1 Å². The highest BCUT2D eigenvalue weighted by molar-refractivity contribution is 7.11. The minimum absolute atomic E-state index is 0.0790. The van der Waals surface area contributed by atoms with E-state index in [2.05, 4.69) is 20.6 Å². The van der Waals surface area contributed by atoms with E-state index in [4.69, 9.17) is 4.74 Å². The molecule has 0 amide bonds.